The van der Waals surface area contributed by atoms with Gasteiger partial charge in [0.2, 0.25) is 5.91 Å². The Hall–Kier alpha value is -4.27. The average molecular weight is 415 g/mol. The van der Waals surface area contributed by atoms with Gasteiger partial charge in [0.25, 0.3) is 5.91 Å². The van der Waals surface area contributed by atoms with Crippen molar-refractivity contribution >= 4 is 23.2 Å². The summed E-state index contributed by atoms with van der Waals surface area (Å²) in [7, 11) is 0. The first kappa shape index (κ1) is 20.0. The summed E-state index contributed by atoms with van der Waals surface area (Å²) in [5.41, 5.74) is 2.86. The third kappa shape index (κ3) is 4.84. The van der Waals surface area contributed by atoms with Crippen molar-refractivity contribution in [3.05, 3.63) is 91.0 Å². The predicted molar refractivity (Wildman–Crippen MR) is 116 cm³/mol. The molecule has 1 atom stereocenters. The lowest BCUT2D eigenvalue weighted by Gasteiger charge is -2.13. The van der Waals surface area contributed by atoms with Crippen LogP contribution in [0.4, 0.5) is 11.4 Å². The highest BCUT2D eigenvalue weighted by molar-refractivity contribution is 6.03. The zero-order valence-electron chi connectivity index (χ0n) is 16.8. The summed E-state index contributed by atoms with van der Waals surface area (Å²) in [5.74, 6) is -0.424. The van der Waals surface area contributed by atoms with E-state index in [4.69, 9.17) is 0 Å². The lowest BCUT2D eigenvalue weighted by Crippen LogP contribution is -2.24. The van der Waals surface area contributed by atoms with Gasteiger partial charge in [-0.1, -0.05) is 0 Å². The Bertz CT molecular complexity index is 1150. The Morgan fingerprint density at radius 3 is 2.35 bits per heavy atom. The Balaban J connectivity index is 1.38. The Morgan fingerprint density at radius 1 is 0.968 bits per heavy atom. The largest absolute Gasteiger partial charge is 0.339 e. The van der Waals surface area contributed by atoms with Gasteiger partial charge in [-0.25, -0.2) is 9.67 Å². The molecule has 31 heavy (non-hydrogen) atoms. The zero-order chi connectivity index (χ0) is 21.6. The highest BCUT2D eigenvalue weighted by Crippen LogP contribution is 2.17. The summed E-state index contributed by atoms with van der Waals surface area (Å²) in [6, 6.07) is 13.9. The van der Waals surface area contributed by atoms with Crippen LogP contribution in [0.5, 0.6) is 0 Å². The molecule has 1 unspecified atom stereocenters. The second kappa shape index (κ2) is 9.04. The lowest BCUT2D eigenvalue weighted by molar-refractivity contribution is -0.119. The molecule has 0 bridgehead atoms. The van der Waals surface area contributed by atoms with Gasteiger partial charge in [-0.05, 0) is 61.0 Å². The summed E-state index contributed by atoms with van der Waals surface area (Å²) >= 11 is 0. The molecule has 9 nitrogen and oxygen atoms in total. The minimum Gasteiger partial charge on any atom is -0.339 e. The first-order chi connectivity index (χ1) is 15.1. The van der Waals surface area contributed by atoms with E-state index in [0.29, 0.717) is 23.6 Å². The molecule has 3 aromatic heterocycles. The van der Waals surface area contributed by atoms with Gasteiger partial charge >= 0.3 is 0 Å². The Kier molecular flexibility index (Phi) is 5.84. The van der Waals surface area contributed by atoms with Gasteiger partial charge in [0, 0.05) is 36.5 Å². The van der Waals surface area contributed by atoms with E-state index in [1.165, 1.54) is 17.3 Å². The molecule has 0 spiro atoms. The number of nitrogens with one attached hydrogen (secondary N) is 2. The topological polar surface area (TPSA) is 107 Å². The Labute approximate surface area is 178 Å². The molecule has 0 fully saturated rings. The molecular weight excluding hydrogens is 394 g/mol. The fourth-order valence-electron chi connectivity index (χ4n) is 3.06. The molecule has 4 rings (SSSR count). The fourth-order valence-corrected chi connectivity index (χ4v) is 3.06. The quantitative estimate of drug-likeness (QED) is 0.483. The van der Waals surface area contributed by atoms with E-state index in [1.54, 1.807) is 49.6 Å². The molecule has 156 valence electrons. The zero-order valence-corrected chi connectivity index (χ0v) is 16.8. The lowest BCUT2D eigenvalue weighted by atomic mass is 10.2. The molecule has 1 aromatic carbocycles. The van der Waals surface area contributed by atoms with E-state index in [9.17, 15) is 9.59 Å². The van der Waals surface area contributed by atoms with Crippen LogP contribution in [-0.4, -0.2) is 36.1 Å². The number of anilines is 2. The minimum absolute atomic E-state index is 0.212. The smallest absolute Gasteiger partial charge is 0.272 e. The molecule has 0 aliphatic rings. The second-order valence-corrected chi connectivity index (χ2v) is 6.95. The van der Waals surface area contributed by atoms with Crippen molar-refractivity contribution in [2.45, 2.75) is 19.5 Å². The van der Waals surface area contributed by atoms with Crippen molar-refractivity contribution in [1.82, 2.24) is 24.3 Å². The SMILES string of the molecule is CC(C(=O)Nc1ccc(NC(=O)c2cccn2Cc2ccncc2)cc1)n1cncn1. The van der Waals surface area contributed by atoms with Crippen molar-refractivity contribution in [3.63, 3.8) is 0 Å². The summed E-state index contributed by atoms with van der Waals surface area (Å²) in [6.45, 7) is 2.31. The predicted octanol–water partition coefficient (Wildman–Crippen LogP) is 2.97. The van der Waals surface area contributed by atoms with Crippen molar-refractivity contribution in [2.75, 3.05) is 10.6 Å². The number of amides is 2. The van der Waals surface area contributed by atoms with Crippen molar-refractivity contribution < 1.29 is 9.59 Å². The van der Waals surface area contributed by atoms with Crippen LogP contribution < -0.4 is 10.6 Å². The number of benzene rings is 1. The maximum Gasteiger partial charge on any atom is 0.272 e. The molecule has 2 N–H and O–H groups in total. The van der Waals surface area contributed by atoms with Gasteiger partial charge in [-0.15, -0.1) is 0 Å². The van der Waals surface area contributed by atoms with Crippen LogP contribution in [0.15, 0.2) is 79.8 Å². The highest BCUT2D eigenvalue weighted by Gasteiger charge is 2.16. The molecule has 0 saturated heterocycles. The van der Waals surface area contributed by atoms with Gasteiger partial charge in [0.05, 0.1) is 0 Å². The maximum atomic E-state index is 12.7. The first-order valence-corrected chi connectivity index (χ1v) is 9.70. The Morgan fingerprint density at radius 2 is 1.68 bits per heavy atom. The minimum atomic E-state index is -0.491. The number of hydrogen-bond donors (Lipinski definition) is 2. The average Bonchev–Trinajstić information content (AvgIpc) is 3.48. The van der Waals surface area contributed by atoms with Crippen LogP contribution in [0, 0.1) is 0 Å². The van der Waals surface area contributed by atoms with E-state index in [2.05, 4.69) is 25.7 Å². The monoisotopic (exact) mass is 415 g/mol. The molecule has 4 aromatic rings. The summed E-state index contributed by atoms with van der Waals surface area (Å²) in [6.07, 6.45) is 8.20. The number of carbonyl (C=O) groups excluding carboxylic acids is 2. The van der Waals surface area contributed by atoms with Crippen molar-refractivity contribution in [3.8, 4) is 0 Å². The van der Waals surface area contributed by atoms with Crippen LogP contribution in [0.3, 0.4) is 0 Å². The van der Waals surface area contributed by atoms with E-state index >= 15 is 0 Å². The van der Waals surface area contributed by atoms with Gasteiger partial charge in [0.15, 0.2) is 0 Å². The second-order valence-electron chi connectivity index (χ2n) is 6.95. The number of pyridine rings is 1. The van der Waals surface area contributed by atoms with Crippen molar-refractivity contribution in [1.29, 1.82) is 0 Å². The highest BCUT2D eigenvalue weighted by atomic mass is 16.2. The van der Waals surface area contributed by atoms with Crippen LogP contribution in [0.2, 0.25) is 0 Å². The number of rotatable bonds is 7. The van der Waals surface area contributed by atoms with E-state index < -0.39 is 6.04 Å². The van der Waals surface area contributed by atoms with Gasteiger partial charge in [0.1, 0.15) is 24.4 Å². The van der Waals surface area contributed by atoms with Gasteiger partial charge in [-0.2, -0.15) is 5.10 Å². The maximum absolute atomic E-state index is 12.7. The molecular formula is C22H21N7O2. The van der Waals surface area contributed by atoms with E-state index in [0.717, 1.165) is 5.56 Å². The standard InChI is InChI=1S/C22H21N7O2/c1-16(29-15-24-14-25-29)21(30)26-18-4-6-19(7-5-18)27-22(31)20-3-2-12-28(20)13-17-8-10-23-11-9-17/h2-12,14-16H,13H2,1H3,(H,26,30)(H,27,31). The fraction of sp³-hybridized carbons (Fsp3) is 0.136. The van der Waals surface area contributed by atoms with Crippen LogP contribution in [-0.2, 0) is 11.3 Å². The molecule has 2 amide bonds. The third-order valence-electron chi connectivity index (χ3n) is 4.79. The number of carbonyl (C=O) groups is 2. The van der Waals surface area contributed by atoms with E-state index in [-0.39, 0.29) is 11.8 Å². The van der Waals surface area contributed by atoms with Gasteiger partial charge < -0.3 is 15.2 Å². The van der Waals surface area contributed by atoms with Crippen LogP contribution in [0.1, 0.15) is 29.0 Å². The molecule has 0 saturated carbocycles. The number of hydrogen-bond acceptors (Lipinski definition) is 5. The third-order valence-corrected chi connectivity index (χ3v) is 4.79. The number of nitrogens with zero attached hydrogens (tertiary/aromatic N) is 5. The first-order valence-electron chi connectivity index (χ1n) is 9.70. The van der Waals surface area contributed by atoms with Crippen LogP contribution >= 0.6 is 0 Å². The summed E-state index contributed by atoms with van der Waals surface area (Å²) < 4.78 is 3.36. The van der Waals surface area contributed by atoms with Crippen molar-refractivity contribution in [2.24, 2.45) is 0 Å². The molecule has 3 heterocycles. The molecule has 0 aliphatic carbocycles. The molecule has 0 aliphatic heterocycles. The summed E-state index contributed by atoms with van der Waals surface area (Å²) in [5, 5.41) is 9.69. The number of aromatic nitrogens is 5. The van der Waals surface area contributed by atoms with E-state index in [1.807, 2.05) is 29.0 Å². The normalized spacial score (nSPS) is 11.6. The molecule has 9 heteroatoms. The summed E-state index contributed by atoms with van der Waals surface area (Å²) in [4.78, 5) is 32.9. The van der Waals surface area contributed by atoms with Gasteiger partial charge in [-0.3, -0.25) is 14.6 Å². The van der Waals surface area contributed by atoms with Crippen LogP contribution in [0.25, 0.3) is 0 Å². The molecule has 0 radical (unpaired) electrons.